The van der Waals surface area contributed by atoms with Crippen LogP contribution in [0.3, 0.4) is 0 Å². The van der Waals surface area contributed by atoms with Crippen LogP contribution >= 0.6 is 0 Å². The molecule has 114 valence electrons. The van der Waals surface area contributed by atoms with Crippen LogP contribution in [-0.4, -0.2) is 51.1 Å². The molecule has 1 atom stereocenters. The maximum absolute atomic E-state index is 11.1. The number of carbonyl (C=O) groups is 1. The number of nitrogens with zero attached hydrogens (tertiary/aromatic N) is 4. The molecule has 0 saturated carbocycles. The summed E-state index contributed by atoms with van der Waals surface area (Å²) >= 11 is 0. The molecule has 0 radical (unpaired) electrons. The van der Waals surface area contributed by atoms with Crippen LogP contribution in [0.1, 0.15) is 34.8 Å². The van der Waals surface area contributed by atoms with Crippen LogP contribution in [-0.2, 0) is 0 Å². The Bertz CT molecular complexity index is 689. The summed E-state index contributed by atoms with van der Waals surface area (Å²) in [6, 6.07) is 1.61. The fourth-order valence-electron chi connectivity index (χ4n) is 2.95. The van der Waals surface area contributed by atoms with Gasteiger partial charge in [-0.2, -0.15) is 0 Å². The van der Waals surface area contributed by atoms with Crippen LogP contribution in [0, 0.1) is 0 Å². The molecule has 0 aromatic carbocycles. The maximum Gasteiger partial charge on any atom is 0.337 e. The normalized spacial score (nSPS) is 19.0. The molecule has 1 aliphatic rings. The van der Waals surface area contributed by atoms with Crippen molar-refractivity contribution in [3.63, 3.8) is 0 Å². The monoisotopic (exact) mass is 298 g/mol. The summed E-state index contributed by atoms with van der Waals surface area (Å²) in [5.74, 6) is -0.673. The average Bonchev–Trinajstić information content (AvgIpc) is 2.55. The van der Waals surface area contributed by atoms with E-state index in [1.54, 1.807) is 24.7 Å². The molecule has 1 N–H and O–H groups in total. The first kappa shape index (κ1) is 14.6. The highest BCUT2D eigenvalue weighted by atomic mass is 16.4. The van der Waals surface area contributed by atoms with E-state index in [2.05, 4.69) is 26.9 Å². The molecule has 1 saturated heterocycles. The molecule has 6 nitrogen and oxygen atoms in total. The van der Waals surface area contributed by atoms with Gasteiger partial charge in [0.1, 0.15) is 0 Å². The second kappa shape index (κ2) is 6.19. The van der Waals surface area contributed by atoms with Crippen LogP contribution in [0.5, 0.6) is 0 Å². The molecule has 0 aliphatic carbocycles. The molecule has 6 heteroatoms. The average molecular weight is 298 g/mol. The first-order valence-electron chi connectivity index (χ1n) is 7.33. The Morgan fingerprint density at radius 1 is 1.32 bits per heavy atom. The van der Waals surface area contributed by atoms with E-state index in [4.69, 9.17) is 5.11 Å². The number of pyridine rings is 1. The lowest BCUT2D eigenvalue weighted by atomic mass is 9.92. The lowest BCUT2D eigenvalue weighted by molar-refractivity contribution is 0.0696. The number of hydrogen-bond acceptors (Lipinski definition) is 5. The minimum Gasteiger partial charge on any atom is -0.478 e. The Kier molecular flexibility index (Phi) is 4.11. The number of carboxylic acid groups (broad SMARTS) is 1. The van der Waals surface area contributed by atoms with Crippen LogP contribution in [0.15, 0.2) is 30.9 Å². The van der Waals surface area contributed by atoms with E-state index in [1.165, 1.54) is 6.20 Å². The highest BCUT2D eigenvalue weighted by Crippen LogP contribution is 2.31. The summed E-state index contributed by atoms with van der Waals surface area (Å²) in [7, 11) is 2.11. The van der Waals surface area contributed by atoms with Gasteiger partial charge < -0.3 is 10.0 Å². The van der Waals surface area contributed by atoms with Crippen LogP contribution in [0.25, 0.3) is 11.3 Å². The standard InChI is InChI=1S/C16H18N4O2/c1-20-6-2-3-11(10-20)14-15(19-5-4-18-14)12-7-13(16(21)22)9-17-8-12/h4-5,7-9,11H,2-3,6,10H2,1H3,(H,21,22). The molecule has 2 aromatic rings. The third-order valence-corrected chi connectivity index (χ3v) is 4.00. The number of likely N-dealkylation sites (N-methyl/N-ethyl adjacent to an activating group) is 1. The van der Waals surface area contributed by atoms with E-state index in [9.17, 15) is 4.79 Å². The van der Waals surface area contributed by atoms with Crippen molar-refractivity contribution in [1.29, 1.82) is 0 Å². The molecule has 1 unspecified atom stereocenters. The predicted molar refractivity (Wildman–Crippen MR) is 81.7 cm³/mol. The first-order valence-corrected chi connectivity index (χ1v) is 7.33. The van der Waals surface area contributed by atoms with Crippen molar-refractivity contribution in [3.05, 3.63) is 42.1 Å². The molecular weight excluding hydrogens is 280 g/mol. The summed E-state index contributed by atoms with van der Waals surface area (Å²) in [6.07, 6.45) is 8.52. The highest BCUT2D eigenvalue weighted by Gasteiger charge is 2.24. The van der Waals surface area contributed by atoms with Crippen molar-refractivity contribution in [1.82, 2.24) is 19.9 Å². The largest absolute Gasteiger partial charge is 0.478 e. The fourth-order valence-corrected chi connectivity index (χ4v) is 2.95. The number of aromatic carboxylic acids is 1. The van der Waals surface area contributed by atoms with E-state index >= 15 is 0 Å². The van der Waals surface area contributed by atoms with E-state index in [-0.39, 0.29) is 5.56 Å². The van der Waals surface area contributed by atoms with Gasteiger partial charge in [0.25, 0.3) is 0 Å². The van der Waals surface area contributed by atoms with Crippen molar-refractivity contribution in [3.8, 4) is 11.3 Å². The van der Waals surface area contributed by atoms with E-state index in [1.807, 2.05) is 0 Å². The molecule has 0 spiro atoms. The SMILES string of the molecule is CN1CCCC(c2nccnc2-c2cncc(C(=O)O)c2)C1. The molecule has 1 fully saturated rings. The van der Waals surface area contributed by atoms with Gasteiger partial charge in [-0.25, -0.2) is 4.79 Å². The third-order valence-electron chi connectivity index (χ3n) is 4.00. The number of rotatable bonds is 3. The quantitative estimate of drug-likeness (QED) is 0.934. The zero-order chi connectivity index (χ0) is 15.5. The second-order valence-corrected chi connectivity index (χ2v) is 5.66. The fraction of sp³-hybridized carbons (Fsp3) is 0.375. The van der Waals surface area contributed by atoms with Crippen molar-refractivity contribution in [2.24, 2.45) is 0 Å². The Morgan fingerprint density at radius 2 is 2.14 bits per heavy atom. The van der Waals surface area contributed by atoms with Gasteiger partial charge in [-0.15, -0.1) is 0 Å². The topological polar surface area (TPSA) is 79.2 Å². The van der Waals surface area contributed by atoms with E-state index in [0.29, 0.717) is 11.5 Å². The Hall–Kier alpha value is -2.34. The van der Waals surface area contributed by atoms with Crippen LogP contribution in [0.4, 0.5) is 0 Å². The van der Waals surface area contributed by atoms with E-state index in [0.717, 1.165) is 37.3 Å². The molecule has 22 heavy (non-hydrogen) atoms. The summed E-state index contributed by atoms with van der Waals surface area (Å²) in [6.45, 7) is 2.04. The molecule has 3 heterocycles. The minimum atomic E-state index is -0.989. The van der Waals surface area contributed by atoms with Gasteiger partial charge in [-0.3, -0.25) is 15.0 Å². The Balaban J connectivity index is 2.01. The van der Waals surface area contributed by atoms with Gasteiger partial charge in [0.15, 0.2) is 0 Å². The van der Waals surface area contributed by atoms with Gasteiger partial charge in [0.05, 0.1) is 17.0 Å². The molecule has 2 aromatic heterocycles. The lowest BCUT2D eigenvalue weighted by Crippen LogP contribution is -2.31. The predicted octanol–water partition coefficient (Wildman–Crippen LogP) is 2.05. The van der Waals surface area contributed by atoms with E-state index < -0.39 is 5.97 Å². The second-order valence-electron chi connectivity index (χ2n) is 5.66. The van der Waals surface area contributed by atoms with Crippen molar-refractivity contribution >= 4 is 5.97 Å². The van der Waals surface area contributed by atoms with Gasteiger partial charge in [-0.05, 0) is 32.5 Å². The number of piperidine rings is 1. The number of likely N-dealkylation sites (tertiary alicyclic amines) is 1. The Morgan fingerprint density at radius 3 is 2.91 bits per heavy atom. The molecule has 0 bridgehead atoms. The number of hydrogen-bond donors (Lipinski definition) is 1. The summed E-state index contributed by atoms with van der Waals surface area (Å²) in [5.41, 5.74) is 2.53. The van der Waals surface area contributed by atoms with Crippen molar-refractivity contribution in [2.45, 2.75) is 18.8 Å². The summed E-state index contributed by atoms with van der Waals surface area (Å²) in [4.78, 5) is 26.4. The number of carboxylic acids is 1. The molecule has 0 amide bonds. The van der Waals surface area contributed by atoms with Gasteiger partial charge >= 0.3 is 5.97 Å². The Labute approximate surface area is 128 Å². The van der Waals surface area contributed by atoms with Gasteiger partial charge in [0.2, 0.25) is 0 Å². The summed E-state index contributed by atoms with van der Waals surface area (Å²) in [5, 5.41) is 9.13. The van der Waals surface area contributed by atoms with Gasteiger partial charge in [-0.1, -0.05) is 0 Å². The maximum atomic E-state index is 11.1. The zero-order valence-corrected chi connectivity index (χ0v) is 12.4. The van der Waals surface area contributed by atoms with Crippen molar-refractivity contribution < 1.29 is 9.90 Å². The first-order chi connectivity index (χ1) is 10.6. The third kappa shape index (κ3) is 2.96. The lowest BCUT2D eigenvalue weighted by Gasteiger charge is -2.30. The molecule has 3 rings (SSSR count). The minimum absolute atomic E-state index is 0.162. The van der Waals surface area contributed by atoms with Crippen LogP contribution in [0.2, 0.25) is 0 Å². The molecule has 1 aliphatic heterocycles. The summed E-state index contributed by atoms with van der Waals surface area (Å²) < 4.78 is 0. The van der Waals surface area contributed by atoms with Crippen molar-refractivity contribution in [2.75, 3.05) is 20.1 Å². The van der Waals surface area contributed by atoms with Gasteiger partial charge in [0, 0.05) is 42.8 Å². The highest BCUT2D eigenvalue weighted by molar-refractivity contribution is 5.88. The zero-order valence-electron chi connectivity index (χ0n) is 12.4. The van der Waals surface area contributed by atoms with Crippen LogP contribution < -0.4 is 0 Å². The smallest absolute Gasteiger partial charge is 0.337 e. The number of aromatic nitrogens is 3. The molecular formula is C16H18N4O2.